The smallest absolute Gasteiger partial charge is 0.275 e. The first-order valence-electron chi connectivity index (χ1n) is 14.5. The number of benzene rings is 5. The SMILES string of the molecule is COc1ccc(C(OC(CC(O)c2ccccc2[N+](=O)[O-])c2ccccc2[N+](=O)[O-])(c2ccccc2)c2ccc(OC)cc2)cc1. The number of aliphatic hydroxyl groups is 1. The lowest BCUT2D eigenvalue weighted by Gasteiger charge is -2.39. The number of methoxy groups -OCH3 is 2. The van der Waals surface area contributed by atoms with Crippen molar-refractivity contribution in [3.05, 3.63) is 175 Å². The Balaban J connectivity index is 1.77. The van der Waals surface area contributed by atoms with E-state index in [1.165, 1.54) is 24.3 Å². The van der Waals surface area contributed by atoms with E-state index in [2.05, 4.69) is 0 Å². The molecule has 0 aliphatic carbocycles. The summed E-state index contributed by atoms with van der Waals surface area (Å²) in [6.07, 6.45) is -2.79. The van der Waals surface area contributed by atoms with E-state index >= 15 is 0 Å². The molecular weight excluding hydrogens is 588 g/mol. The molecule has 5 aromatic carbocycles. The Labute approximate surface area is 265 Å². The monoisotopic (exact) mass is 620 g/mol. The number of hydrogen-bond acceptors (Lipinski definition) is 8. The lowest BCUT2D eigenvalue weighted by Crippen LogP contribution is -2.35. The first-order valence-corrected chi connectivity index (χ1v) is 14.5. The zero-order chi connectivity index (χ0) is 32.7. The maximum atomic E-state index is 12.3. The highest BCUT2D eigenvalue weighted by molar-refractivity contribution is 5.51. The van der Waals surface area contributed by atoms with Crippen molar-refractivity contribution in [3.63, 3.8) is 0 Å². The van der Waals surface area contributed by atoms with Crippen LogP contribution in [-0.4, -0.2) is 29.2 Å². The Morgan fingerprint density at radius 2 is 1.02 bits per heavy atom. The average molecular weight is 621 g/mol. The highest BCUT2D eigenvalue weighted by atomic mass is 16.6. The molecule has 10 nitrogen and oxygen atoms in total. The molecule has 0 heterocycles. The molecule has 0 saturated heterocycles. The number of rotatable bonds is 13. The maximum absolute atomic E-state index is 12.3. The van der Waals surface area contributed by atoms with Crippen LogP contribution >= 0.6 is 0 Å². The van der Waals surface area contributed by atoms with Crippen molar-refractivity contribution < 1.29 is 29.2 Å². The van der Waals surface area contributed by atoms with Gasteiger partial charge >= 0.3 is 0 Å². The van der Waals surface area contributed by atoms with Crippen LogP contribution in [0.15, 0.2) is 127 Å². The summed E-state index contributed by atoms with van der Waals surface area (Å²) in [6.45, 7) is 0. The quantitative estimate of drug-likeness (QED) is 0.0804. The van der Waals surface area contributed by atoms with Gasteiger partial charge in [-0.3, -0.25) is 20.2 Å². The van der Waals surface area contributed by atoms with Crippen LogP contribution < -0.4 is 9.47 Å². The van der Waals surface area contributed by atoms with Gasteiger partial charge in [-0.15, -0.1) is 0 Å². The first kappa shape index (κ1) is 31.8. The third-order valence-electron chi connectivity index (χ3n) is 7.90. The van der Waals surface area contributed by atoms with Gasteiger partial charge < -0.3 is 19.3 Å². The second-order valence-corrected chi connectivity index (χ2v) is 10.5. The summed E-state index contributed by atoms with van der Waals surface area (Å²) in [7, 11) is 3.13. The second-order valence-electron chi connectivity index (χ2n) is 10.5. The Bertz CT molecular complexity index is 1750. The first-order chi connectivity index (χ1) is 22.3. The second kappa shape index (κ2) is 14.0. The van der Waals surface area contributed by atoms with Crippen LogP contribution in [0.2, 0.25) is 0 Å². The fourth-order valence-electron chi connectivity index (χ4n) is 5.67. The molecule has 1 N–H and O–H groups in total. The number of nitro groups is 2. The highest BCUT2D eigenvalue weighted by Crippen LogP contribution is 2.48. The van der Waals surface area contributed by atoms with Gasteiger partial charge in [-0.05, 0) is 53.1 Å². The van der Waals surface area contributed by atoms with Crippen LogP contribution in [0.4, 0.5) is 11.4 Å². The van der Waals surface area contributed by atoms with Crippen molar-refractivity contribution in [1.29, 1.82) is 0 Å². The Hall–Kier alpha value is -5.58. The van der Waals surface area contributed by atoms with Gasteiger partial charge in [0, 0.05) is 18.6 Å². The molecule has 0 spiro atoms. The fourth-order valence-corrected chi connectivity index (χ4v) is 5.67. The number of ether oxygens (including phenoxy) is 3. The zero-order valence-electron chi connectivity index (χ0n) is 25.2. The molecule has 0 radical (unpaired) electrons. The van der Waals surface area contributed by atoms with Gasteiger partial charge in [-0.1, -0.05) is 78.9 Å². The normalized spacial score (nSPS) is 12.6. The lowest BCUT2D eigenvalue weighted by atomic mass is 9.79. The van der Waals surface area contributed by atoms with Gasteiger partial charge in [-0.2, -0.15) is 0 Å². The van der Waals surface area contributed by atoms with E-state index < -0.39 is 27.7 Å². The Morgan fingerprint density at radius 3 is 1.50 bits per heavy atom. The van der Waals surface area contributed by atoms with Crippen molar-refractivity contribution in [2.45, 2.75) is 24.2 Å². The van der Waals surface area contributed by atoms with Crippen LogP contribution in [0.25, 0.3) is 0 Å². The van der Waals surface area contributed by atoms with E-state index in [4.69, 9.17) is 14.2 Å². The summed E-state index contributed by atoms with van der Waals surface area (Å²) >= 11 is 0. The zero-order valence-corrected chi connectivity index (χ0v) is 25.2. The molecule has 0 fully saturated rings. The molecule has 2 unspecified atom stereocenters. The molecular formula is C36H32N2O8. The predicted molar refractivity (Wildman–Crippen MR) is 172 cm³/mol. The molecule has 0 amide bonds. The van der Waals surface area contributed by atoms with Gasteiger partial charge in [0.2, 0.25) is 0 Å². The summed E-state index contributed by atoms with van der Waals surface area (Å²) < 4.78 is 18.1. The Morgan fingerprint density at radius 1 is 0.609 bits per heavy atom. The van der Waals surface area contributed by atoms with E-state index in [-0.39, 0.29) is 28.9 Å². The van der Waals surface area contributed by atoms with E-state index in [9.17, 15) is 25.3 Å². The molecule has 0 aliphatic rings. The minimum atomic E-state index is -1.41. The topological polar surface area (TPSA) is 134 Å². The minimum Gasteiger partial charge on any atom is -0.497 e. The Kier molecular flexibility index (Phi) is 9.70. The molecule has 5 rings (SSSR count). The molecule has 5 aromatic rings. The molecule has 2 atom stereocenters. The van der Waals surface area contributed by atoms with E-state index in [0.29, 0.717) is 28.2 Å². The van der Waals surface area contributed by atoms with E-state index in [1.807, 2.05) is 54.6 Å². The highest BCUT2D eigenvalue weighted by Gasteiger charge is 2.42. The molecule has 234 valence electrons. The minimum absolute atomic E-state index is 0.0684. The number of nitro benzene ring substituents is 2. The van der Waals surface area contributed by atoms with Crippen LogP contribution in [0.3, 0.4) is 0 Å². The van der Waals surface area contributed by atoms with Gasteiger partial charge in [0.25, 0.3) is 11.4 Å². The van der Waals surface area contributed by atoms with Gasteiger partial charge in [0.1, 0.15) is 17.1 Å². The third-order valence-corrected chi connectivity index (χ3v) is 7.90. The van der Waals surface area contributed by atoms with Crippen molar-refractivity contribution in [2.24, 2.45) is 0 Å². The van der Waals surface area contributed by atoms with Crippen molar-refractivity contribution in [1.82, 2.24) is 0 Å². The van der Waals surface area contributed by atoms with Gasteiger partial charge in [-0.25, -0.2) is 0 Å². The van der Waals surface area contributed by atoms with Gasteiger partial charge in [0.15, 0.2) is 0 Å². The molecule has 0 bridgehead atoms. The molecule has 0 aromatic heterocycles. The number of aliphatic hydroxyl groups excluding tert-OH is 1. The summed E-state index contributed by atoms with van der Waals surface area (Å²) in [5.41, 5.74) is 0.447. The molecule has 0 saturated carbocycles. The average Bonchev–Trinajstić information content (AvgIpc) is 3.10. The third kappa shape index (κ3) is 6.44. The van der Waals surface area contributed by atoms with E-state index in [1.54, 1.807) is 62.8 Å². The summed E-state index contributed by atoms with van der Waals surface area (Å²) in [5.74, 6) is 1.23. The summed E-state index contributed by atoms with van der Waals surface area (Å²) in [6, 6.07) is 36.0. The lowest BCUT2D eigenvalue weighted by molar-refractivity contribution is -0.386. The molecule has 10 heteroatoms. The summed E-state index contributed by atoms with van der Waals surface area (Å²) in [4.78, 5) is 23.1. The van der Waals surface area contributed by atoms with Crippen LogP contribution in [-0.2, 0) is 10.3 Å². The van der Waals surface area contributed by atoms with Crippen LogP contribution in [0.1, 0.15) is 46.4 Å². The van der Waals surface area contributed by atoms with Crippen molar-refractivity contribution >= 4 is 11.4 Å². The van der Waals surface area contributed by atoms with Crippen LogP contribution in [0.5, 0.6) is 11.5 Å². The predicted octanol–water partition coefficient (Wildman–Crippen LogP) is 7.69. The van der Waals surface area contributed by atoms with Crippen molar-refractivity contribution in [2.75, 3.05) is 14.2 Å². The van der Waals surface area contributed by atoms with Crippen molar-refractivity contribution in [3.8, 4) is 11.5 Å². The standard InChI is InChI=1S/C36H32N2O8/c1-44-28-20-16-26(17-21-28)36(25-10-4-3-5-11-25,27-18-22-29(45-2)23-19-27)46-35(31-13-7-9-15-33(31)38(42)43)24-34(39)30-12-6-8-14-32(30)37(40)41/h3-23,34-35,39H,24H2,1-2H3. The fraction of sp³-hybridized carbons (Fsp3) is 0.167. The van der Waals surface area contributed by atoms with Crippen LogP contribution in [0, 0.1) is 20.2 Å². The molecule has 46 heavy (non-hydrogen) atoms. The maximum Gasteiger partial charge on any atom is 0.275 e. The van der Waals surface area contributed by atoms with E-state index in [0.717, 1.165) is 0 Å². The number of para-hydroxylation sites is 2. The molecule has 0 aliphatic heterocycles. The number of hydrogen-bond donors (Lipinski definition) is 1. The van der Waals surface area contributed by atoms with Gasteiger partial charge in [0.05, 0.1) is 47.4 Å². The largest absolute Gasteiger partial charge is 0.497 e. The number of nitrogens with zero attached hydrogens (tertiary/aromatic N) is 2. The summed E-state index contributed by atoms with van der Waals surface area (Å²) in [5, 5.41) is 35.7.